The molecule has 0 heterocycles. The maximum Gasteiger partial charge on any atom is 0.239 e. The fraction of sp³-hybridized carbons (Fsp3) is 0.533. The summed E-state index contributed by atoms with van der Waals surface area (Å²) in [5.41, 5.74) is 0.620. The first-order chi connectivity index (χ1) is 9.32. The summed E-state index contributed by atoms with van der Waals surface area (Å²) >= 11 is 6.07. The maximum atomic E-state index is 12.1. The van der Waals surface area contributed by atoms with Gasteiger partial charge in [-0.1, -0.05) is 31.5 Å². The molecule has 0 saturated carbocycles. The van der Waals surface area contributed by atoms with E-state index in [-0.39, 0.29) is 17.7 Å². The number of amides is 1. The molecule has 0 saturated heterocycles. The Bertz CT molecular complexity index is 441. The zero-order chi connectivity index (χ0) is 15.3. The van der Waals surface area contributed by atoms with Gasteiger partial charge in [0.25, 0.3) is 0 Å². The van der Waals surface area contributed by atoms with E-state index in [9.17, 15) is 9.90 Å². The van der Waals surface area contributed by atoms with Crippen molar-refractivity contribution in [3.63, 3.8) is 0 Å². The number of likely N-dealkylation sites (N-methyl/N-ethyl adjacent to an activating group) is 1. The number of halogens is 1. The smallest absolute Gasteiger partial charge is 0.239 e. The minimum atomic E-state index is -0.277. The van der Waals surface area contributed by atoms with Gasteiger partial charge in [-0.25, -0.2) is 0 Å². The van der Waals surface area contributed by atoms with Crippen LogP contribution < -0.4 is 5.32 Å². The van der Waals surface area contributed by atoms with Gasteiger partial charge in [0.1, 0.15) is 5.75 Å². The van der Waals surface area contributed by atoms with Gasteiger partial charge in [0.05, 0.1) is 6.04 Å². The lowest BCUT2D eigenvalue weighted by molar-refractivity contribution is -0.131. The van der Waals surface area contributed by atoms with Crippen LogP contribution in [-0.4, -0.2) is 36.1 Å². The largest absolute Gasteiger partial charge is 0.508 e. The predicted molar refractivity (Wildman–Crippen MR) is 81.9 cm³/mol. The summed E-state index contributed by atoms with van der Waals surface area (Å²) in [6, 6.07) is 4.73. The van der Waals surface area contributed by atoms with Gasteiger partial charge in [-0.05, 0) is 24.5 Å². The van der Waals surface area contributed by atoms with Crippen molar-refractivity contribution in [2.75, 3.05) is 14.1 Å². The molecular weight excluding hydrogens is 276 g/mol. The molecule has 0 aliphatic carbocycles. The predicted octanol–water partition coefficient (Wildman–Crippen LogP) is 2.64. The van der Waals surface area contributed by atoms with Gasteiger partial charge < -0.3 is 15.3 Å². The molecule has 1 amide bonds. The highest BCUT2D eigenvalue weighted by atomic mass is 35.5. The highest BCUT2D eigenvalue weighted by Crippen LogP contribution is 2.25. The minimum absolute atomic E-state index is 0.0326. The van der Waals surface area contributed by atoms with E-state index < -0.39 is 0 Å². The van der Waals surface area contributed by atoms with Crippen LogP contribution in [0.3, 0.4) is 0 Å². The van der Waals surface area contributed by atoms with Crippen LogP contribution >= 0.6 is 11.6 Å². The Labute approximate surface area is 125 Å². The third-order valence-corrected chi connectivity index (χ3v) is 3.42. The highest BCUT2D eigenvalue weighted by molar-refractivity contribution is 6.31. The van der Waals surface area contributed by atoms with E-state index in [0.29, 0.717) is 23.0 Å². The number of phenolic OH excluding ortho intramolecular Hbond substituents is 1. The van der Waals surface area contributed by atoms with Gasteiger partial charge in [-0.2, -0.15) is 0 Å². The number of nitrogens with zero attached hydrogens (tertiary/aromatic N) is 1. The van der Waals surface area contributed by atoms with E-state index in [4.69, 9.17) is 11.6 Å². The molecule has 0 radical (unpaired) electrons. The average molecular weight is 299 g/mol. The van der Waals surface area contributed by atoms with Gasteiger partial charge in [0.2, 0.25) is 5.91 Å². The van der Waals surface area contributed by atoms with Gasteiger partial charge in [0, 0.05) is 31.2 Å². The average Bonchev–Trinajstić information content (AvgIpc) is 2.35. The molecule has 112 valence electrons. The van der Waals surface area contributed by atoms with Gasteiger partial charge in [-0.15, -0.1) is 0 Å². The molecule has 0 aromatic heterocycles. The summed E-state index contributed by atoms with van der Waals surface area (Å²) in [4.78, 5) is 13.7. The second-order valence-corrected chi connectivity index (χ2v) is 5.94. The molecule has 0 bridgehead atoms. The molecule has 4 nitrogen and oxygen atoms in total. The first-order valence-corrected chi connectivity index (χ1v) is 7.11. The molecule has 0 spiro atoms. The molecular formula is C15H23ClN2O2. The van der Waals surface area contributed by atoms with Crippen LogP contribution in [-0.2, 0) is 11.3 Å². The molecule has 1 rings (SSSR count). The number of carbonyl (C=O) groups is 1. The quantitative estimate of drug-likeness (QED) is 0.849. The Morgan fingerprint density at radius 1 is 1.40 bits per heavy atom. The van der Waals surface area contributed by atoms with Crippen LogP contribution in [0.4, 0.5) is 0 Å². The number of aromatic hydroxyl groups is 1. The fourth-order valence-corrected chi connectivity index (χ4v) is 2.24. The van der Waals surface area contributed by atoms with Crippen LogP contribution in [0, 0.1) is 5.92 Å². The lowest BCUT2D eigenvalue weighted by atomic mass is 10.0. The Morgan fingerprint density at radius 2 is 2.05 bits per heavy atom. The van der Waals surface area contributed by atoms with Gasteiger partial charge in [0.15, 0.2) is 0 Å². The van der Waals surface area contributed by atoms with E-state index in [0.717, 1.165) is 6.42 Å². The number of hydrogen-bond donors (Lipinski definition) is 2. The molecule has 5 heteroatoms. The molecule has 1 aromatic rings. The Balaban J connectivity index is 2.78. The minimum Gasteiger partial charge on any atom is -0.508 e. The summed E-state index contributed by atoms with van der Waals surface area (Å²) in [7, 11) is 3.48. The number of rotatable bonds is 6. The monoisotopic (exact) mass is 298 g/mol. The number of nitrogens with one attached hydrogen (secondary N) is 1. The molecule has 20 heavy (non-hydrogen) atoms. The number of phenols is 1. The van der Waals surface area contributed by atoms with E-state index in [2.05, 4.69) is 19.2 Å². The van der Waals surface area contributed by atoms with Crippen molar-refractivity contribution in [1.29, 1.82) is 0 Å². The van der Waals surface area contributed by atoms with Crippen molar-refractivity contribution in [2.24, 2.45) is 5.92 Å². The van der Waals surface area contributed by atoms with E-state index in [1.807, 2.05) is 0 Å². The van der Waals surface area contributed by atoms with E-state index in [1.54, 1.807) is 37.2 Å². The van der Waals surface area contributed by atoms with Crippen molar-refractivity contribution in [1.82, 2.24) is 10.2 Å². The lowest BCUT2D eigenvalue weighted by Crippen LogP contribution is -2.44. The van der Waals surface area contributed by atoms with Crippen LogP contribution in [0.25, 0.3) is 0 Å². The molecule has 0 aliphatic rings. The molecule has 2 N–H and O–H groups in total. The van der Waals surface area contributed by atoms with Crippen molar-refractivity contribution >= 4 is 17.5 Å². The van der Waals surface area contributed by atoms with Crippen LogP contribution in [0.2, 0.25) is 5.02 Å². The Morgan fingerprint density at radius 3 is 2.55 bits per heavy atom. The zero-order valence-electron chi connectivity index (χ0n) is 12.5. The normalized spacial score (nSPS) is 12.5. The third kappa shape index (κ3) is 4.69. The summed E-state index contributed by atoms with van der Waals surface area (Å²) in [5.74, 6) is 0.576. The lowest BCUT2D eigenvalue weighted by Gasteiger charge is -2.23. The molecule has 0 fully saturated rings. The molecule has 0 aliphatic heterocycles. The summed E-state index contributed by atoms with van der Waals surface area (Å²) in [6.07, 6.45) is 0.738. The fourth-order valence-electron chi connectivity index (χ4n) is 2.00. The van der Waals surface area contributed by atoms with Gasteiger partial charge >= 0.3 is 0 Å². The first-order valence-electron chi connectivity index (χ1n) is 6.73. The summed E-state index contributed by atoms with van der Waals surface area (Å²) in [5, 5.41) is 13.5. The number of benzene rings is 1. The Hall–Kier alpha value is -1.26. The Kier molecular flexibility index (Phi) is 6.30. The molecule has 1 aromatic carbocycles. The summed E-state index contributed by atoms with van der Waals surface area (Å²) < 4.78 is 0. The SMILES string of the molecule is CC(C)CC(NCc1c(O)cccc1Cl)C(=O)N(C)C. The number of carbonyl (C=O) groups excluding carboxylic acids is 1. The maximum absolute atomic E-state index is 12.1. The zero-order valence-corrected chi connectivity index (χ0v) is 13.2. The standard InChI is InChI=1S/C15H23ClN2O2/c1-10(2)8-13(15(20)18(3)4)17-9-11-12(16)6-5-7-14(11)19/h5-7,10,13,17,19H,8-9H2,1-4H3. The second-order valence-electron chi connectivity index (χ2n) is 5.53. The van der Waals surface area contributed by atoms with Crippen molar-refractivity contribution in [2.45, 2.75) is 32.9 Å². The molecule has 1 atom stereocenters. The summed E-state index contributed by atoms with van der Waals surface area (Å²) in [6.45, 7) is 4.51. The van der Waals surface area contributed by atoms with Crippen molar-refractivity contribution in [3.05, 3.63) is 28.8 Å². The van der Waals surface area contributed by atoms with Crippen LogP contribution in [0.1, 0.15) is 25.8 Å². The van der Waals surface area contributed by atoms with E-state index >= 15 is 0 Å². The second kappa shape index (κ2) is 7.50. The van der Waals surface area contributed by atoms with Gasteiger partial charge in [-0.3, -0.25) is 4.79 Å². The number of hydrogen-bond acceptors (Lipinski definition) is 3. The third-order valence-electron chi connectivity index (χ3n) is 3.07. The van der Waals surface area contributed by atoms with Crippen LogP contribution in [0.15, 0.2) is 18.2 Å². The first kappa shape index (κ1) is 16.8. The highest BCUT2D eigenvalue weighted by Gasteiger charge is 2.21. The molecule has 1 unspecified atom stereocenters. The topological polar surface area (TPSA) is 52.6 Å². The van der Waals surface area contributed by atoms with Crippen molar-refractivity contribution in [3.8, 4) is 5.75 Å². The van der Waals surface area contributed by atoms with Crippen LogP contribution in [0.5, 0.6) is 5.75 Å². The van der Waals surface area contributed by atoms with E-state index in [1.165, 1.54) is 0 Å². The van der Waals surface area contributed by atoms with Crippen molar-refractivity contribution < 1.29 is 9.90 Å².